The normalized spacial score (nSPS) is 10.4. The Labute approximate surface area is 148 Å². The summed E-state index contributed by atoms with van der Waals surface area (Å²) in [6, 6.07) is 7.85. The Balaban J connectivity index is 2.11. The highest BCUT2D eigenvalue weighted by Crippen LogP contribution is 2.33. The highest BCUT2D eigenvalue weighted by molar-refractivity contribution is 7.15. The second-order valence-corrected chi connectivity index (χ2v) is 6.08. The summed E-state index contributed by atoms with van der Waals surface area (Å²) in [7, 11) is 0. The first-order valence-corrected chi connectivity index (χ1v) is 8.36. The van der Waals surface area contributed by atoms with E-state index in [9.17, 15) is 9.59 Å². The number of hydrogen-bond donors (Lipinski definition) is 2. The molecule has 0 spiro atoms. The molecule has 0 radical (unpaired) electrons. The number of carbonyl (C=O) groups is 2. The van der Waals surface area contributed by atoms with Crippen molar-refractivity contribution in [3.8, 4) is 5.75 Å². The van der Waals surface area contributed by atoms with Crippen molar-refractivity contribution in [2.75, 3.05) is 25.1 Å². The zero-order chi connectivity index (χ0) is 17.5. The lowest BCUT2D eigenvalue weighted by molar-refractivity contribution is 0.0702. The number of anilines is 1. The summed E-state index contributed by atoms with van der Waals surface area (Å²) in [5, 5.41) is 12.0. The first kappa shape index (κ1) is 18.3. The highest BCUT2D eigenvalue weighted by atomic mass is 35.5. The van der Waals surface area contributed by atoms with Crippen LogP contribution in [0.1, 0.15) is 26.3 Å². The van der Waals surface area contributed by atoms with E-state index < -0.39 is 11.9 Å². The van der Waals surface area contributed by atoms with E-state index >= 15 is 0 Å². The minimum absolute atomic E-state index is 0.0967. The quantitative estimate of drug-likeness (QED) is 0.692. The van der Waals surface area contributed by atoms with Crippen LogP contribution in [0.5, 0.6) is 5.75 Å². The average molecular weight is 370 g/mol. The molecule has 1 aromatic heterocycles. The van der Waals surface area contributed by atoms with E-state index in [0.29, 0.717) is 36.3 Å². The maximum absolute atomic E-state index is 12.3. The van der Waals surface area contributed by atoms with Gasteiger partial charge >= 0.3 is 5.97 Å². The van der Waals surface area contributed by atoms with Gasteiger partial charge in [-0.2, -0.15) is 0 Å². The number of aromatic carboxylic acids is 1. The van der Waals surface area contributed by atoms with Crippen molar-refractivity contribution in [2.45, 2.75) is 6.92 Å². The molecule has 0 atom stereocenters. The molecule has 1 aromatic carbocycles. The standard InChI is InChI=1S/C16H16ClNO5S/c1-2-22-8-9-23-14-10(17)4-3-5-11(14)18-15(19)12-6-7-13(24-12)16(20)21/h3-7H,2,8-9H2,1H3,(H,18,19)(H,20,21). The van der Waals surface area contributed by atoms with Gasteiger partial charge in [0.15, 0.2) is 5.75 Å². The number of halogens is 1. The molecule has 0 saturated heterocycles. The van der Waals surface area contributed by atoms with E-state index in [0.717, 1.165) is 11.3 Å². The molecule has 1 heterocycles. The number of ether oxygens (including phenoxy) is 2. The molecule has 24 heavy (non-hydrogen) atoms. The van der Waals surface area contributed by atoms with E-state index in [1.807, 2.05) is 6.92 Å². The molecule has 2 rings (SSSR count). The maximum Gasteiger partial charge on any atom is 0.345 e. The van der Waals surface area contributed by atoms with Crippen LogP contribution >= 0.6 is 22.9 Å². The van der Waals surface area contributed by atoms with Crippen molar-refractivity contribution in [3.05, 3.63) is 45.1 Å². The number of amides is 1. The first-order valence-electron chi connectivity index (χ1n) is 7.16. The number of nitrogens with one attached hydrogen (secondary N) is 1. The summed E-state index contributed by atoms with van der Waals surface area (Å²) in [5.41, 5.74) is 0.411. The van der Waals surface area contributed by atoms with Gasteiger partial charge in [-0.1, -0.05) is 17.7 Å². The molecule has 0 bridgehead atoms. The summed E-state index contributed by atoms with van der Waals surface area (Å²) < 4.78 is 10.8. The molecular formula is C16H16ClNO5S. The van der Waals surface area contributed by atoms with Gasteiger partial charge in [-0.05, 0) is 31.2 Å². The number of rotatable bonds is 8. The molecule has 1 amide bonds. The molecule has 0 aliphatic carbocycles. The second kappa shape index (κ2) is 8.68. The minimum atomic E-state index is -1.07. The van der Waals surface area contributed by atoms with E-state index in [-0.39, 0.29) is 9.75 Å². The molecule has 128 valence electrons. The third-order valence-electron chi connectivity index (χ3n) is 2.93. The minimum Gasteiger partial charge on any atom is -0.487 e. The van der Waals surface area contributed by atoms with E-state index in [1.54, 1.807) is 18.2 Å². The third-order valence-corrected chi connectivity index (χ3v) is 4.30. The number of thiophene rings is 1. The fourth-order valence-electron chi connectivity index (χ4n) is 1.86. The summed E-state index contributed by atoms with van der Waals surface area (Å²) in [5.74, 6) is -1.14. The molecular weight excluding hydrogens is 354 g/mol. The van der Waals surface area contributed by atoms with Crippen LogP contribution in [0.15, 0.2) is 30.3 Å². The van der Waals surface area contributed by atoms with E-state index in [4.69, 9.17) is 26.2 Å². The fraction of sp³-hybridized carbons (Fsp3) is 0.250. The van der Waals surface area contributed by atoms with Crippen LogP contribution in [0, 0.1) is 0 Å². The van der Waals surface area contributed by atoms with Gasteiger partial charge in [-0.15, -0.1) is 11.3 Å². The summed E-state index contributed by atoms with van der Waals surface area (Å²) >= 11 is 7.02. The van der Waals surface area contributed by atoms with Crippen LogP contribution in [0.2, 0.25) is 5.02 Å². The smallest absolute Gasteiger partial charge is 0.345 e. The Kier molecular flexibility index (Phi) is 6.60. The summed E-state index contributed by atoms with van der Waals surface area (Å²) in [6.07, 6.45) is 0. The largest absolute Gasteiger partial charge is 0.487 e. The molecule has 0 unspecified atom stereocenters. The van der Waals surface area contributed by atoms with Crippen LogP contribution in [-0.4, -0.2) is 36.8 Å². The summed E-state index contributed by atoms with van der Waals surface area (Å²) in [6.45, 7) is 3.16. The Hall–Kier alpha value is -2.09. The SMILES string of the molecule is CCOCCOc1c(Cl)cccc1NC(=O)c1ccc(C(=O)O)s1. The van der Waals surface area contributed by atoms with Gasteiger partial charge in [0.2, 0.25) is 0 Å². The Morgan fingerprint density at radius 1 is 1.21 bits per heavy atom. The fourth-order valence-corrected chi connectivity index (χ4v) is 2.83. The topological polar surface area (TPSA) is 84.9 Å². The van der Waals surface area contributed by atoms with Crippen molar-refractivity contribution in [1.82, 2.24) is 0 Å². The van der Waals surface area contributed by atoms with Gasteiger partial charge in [0, 0.05) is 6.61 Å². The molecule has 0 fully saturated rings. The second-order valence-electron chi connectivity index (χ2n) is 4.59. The van der Waals surface area contributed by atoms with Crippen LogP contribution in [0.4, 0.5) is 5.69 Å². The van der Waals surface area contributed by atoms with Crippen molar-refractivity contribution in [1.29, 1.82) is 0 Å². The number of benzene rings is 1. The van der Waals surface area contributed by atoms with E-state index in [2.05, 4.69) is 5.32 Å². The van der Waals surface area contributed by atoms with Gasteiger partial charge < -0.3 is 19.9 Å². The van der Waals surface area contributed by atoms with Crippen molar-refractivity contribution in [2.24, 2.45) is 0 Å². The molecule has 0 aliphatic rings. The van der Waals surface area contributed by atoms with Crippen LogP contribution < -0.4 is 10.1 Å². The zero-order valence-electron chi connectivity index (χ0n) is 12.9. The van der Waals surface area contributed by atoms with Crippen molar-refractivity contribution in [3.63, 3.8) is 0 Å². The molecule has 8 heteroatoms. The van der Waals surface area contributed by atoms with Crippen LogP contribution in [-0.2, 0) is 4.74 Å². The lowest BCUT2D eigenvalue weighted by atomic mass is 10.3. The van der Waals surface area contributed by atoms with Gasteiger partial charge in [0.05, 0.1) is 22.2 Å². The molecule has 0 saturated carbocycles. The molecule has 2 aromatic rings. The number of carbonyl (C=O) groups excluding carboxylic acids is 1. The first-order chi connectivity index (χ1) is 11.5. The van der Waals surface area contributed by atoms with Gasteiger partial charge in [0.1, 0.15) is 11.5 Å². The number of carboxylic acids is 1. The molecule has 6 nitrogen and oxygen atoms in total. The number of para-hydroxylation sites is 1. The Bertz CT molecular complexity index is 731. The zero-order valence-corrected chi connectivity index (χ0v) is 14.4. The van der Waals surface area contributed by atoms with Gasteiger partial charge in [-0.25, -0.2) is 4.79 Å². The Morgan fingerprint density at radius 3 is 2.62 bits per heavy atom. The monoisotopic (exact) mass is 369 g/mol. The number of carboxylic acid groups (broad SMARTS) is 1. The van der Waals surface area contributed by atoms with Gasteiger partial charge in [0.25, 0.3) is 5.91 Å². The molecule has 2 N–H and O–H groups in total. The van der Waals surface area contributed by atoms with Crippen molar-refractivity contribution >= 4 is 40.5 Å². The lowest BCUT2D eigenvalue weighted by Gasteiger charge is -2.13. The Morgan fingerprint density at radius 2 is 1.96 bits per heavy atom. The average Bonchev–Trinajstić information content (AvgIpc) is 3.04. The number of hydrogen-bond acceptors (Lipinski definition) is 5. The predicted octanol–water partition coefficient (Wildman–Crippen LogP) is 3.77. The highest BCUT2D eigenvalue weighted by Gasteiger charge is 2.16. The maximum atomic E-state index is 12.3. The predicted molar refractivity (Wildman–Crippen MR) is 92.7 cm³/mol. The lowest BCUT2D eigenvalue weighted by Crippen LogP contribution is -2.13. The van der Waals surface area contributed by atoms with Crippen molar-refractivity contribution < 1.29 is 24.2 Å². The van der Waals surface area contributed by atoms with E-state index in [1.165, 1.54) is 12.1 Å². The van der Waals surface area contributed by atoms with Crippen LogP contribution in [0.3, 0.4) is 0 Å². The van der Waals surface area contributed by atoms with Crippen LogP contribution in [0.25, 0.3) is 0 Å². The molecule has 0 aliphatic heterocycles. The summed E-state index contributed by atoms with van der Waals surface area (Å²) in [4.78, 5) is 23.5. The van der Waals surface area contributed by atoms with Gasteiger partial charge in [-0.3, -0.25) is 4.79 Å². The third kappa shape index (κ3) is 4.70.